The molecule has 0 saturated heterocycles. The largest absolute Gasteiger partial charge is 0.133 e. The molecule has 0 aliphatic rings. The van der Waals surface area contributed by atoms with Crippen molar-refractivity contribution in [1.29, 1.82) is 0 Å². The molecule has 0 rings (SSSR count). The van der Waals surface area contributed by atoms with E-state index in [-0.39, 0.29) is 0 Å². The first kappa shape index (κ1) is 9.08. The van der Waals surface area contributed by atoms with Gasteiger partial charge in [0.2, 0.25) is 0 Å². The number of unbranched alkanes of at least 4 members (excludes halogenated alkanes) is 2. The lowest BCUT2D eigenvalue weighted by Gasteiger charge is -1.83. The van der Waals surface area contributed by atoms with Crippen molar-refractivity contribution in [1.82, 2.24) is 0 Å². The van der Waals surface area contributed by atoms with E-state index in [0.717, 1.165) is 25.7 Å². The minimum Gasteiger partial charge on any atom is -0.133 e. The van der Waals surface area contributed by atoms with Crippen molar-refractivity contribution < 1.29 is 0 Å². The summed E-state index contributed by atoms with van der Waals surface area (Å²) in [6.07, 6.45) is 6.12. The van der Waals surface area contributed by atoms with Gasteiger partial charge in [-0.3, -0.25) is 0 Å². The average Bonchev–Trinajstić information content (AvgIpc) is 1.97. The maximum atomic E-state index is 3.48. The quantitative estimate of drug-likeness (QED) is 0.316. The van der Waals surface area contributed by atoms with Crippen LogP contribution in [-0.4, -0.2) is 0 Å². The number of hydrogen-bond acceptors (Lipinski definition) is 0. The summed E-state index contributed by atoms with van der Waals surface area (Å²) >= 11 is 0. The van der Waals surface area contributed by atoms with Crippen LogP contribution in [-0.2, 0) is 0 Å². The predicted octanol–water partition coefficient (Wildman–Crippen LogP) is 2.91. The fraction of sp³-hybridized carbons (Fsp3) is 0.500. The van der Waals surface area contributed by atoms with E-state index in [1.165, 1.54) is 0 Å². The van der Waals surface area contributed by atoms with Crippen LogP contribution in [0.15, 0.2) is 18.4 Å². The highest BCUT2D eigenvalue weighted by Crippen LogP contribution is 1.93. The third-order valence-electron chi connectivity index (χ3n) is 1.10. The molecule has 0 unspecified atom stereocenters. The summed E-state index contributed by atoms with van der Waals surface area (Å²) in [6.45, 7) is 5.54. The smallest absolute Gasteiger partial charge is 0.00918 e. The molecule has 0 aromatic carbocycles. The molecule has 0 atom stereocenters. The second-order valence-corrected chi connectivity index (χ2v) is 2.01. The second kappa shape index (κ2) is 8.08. The molecule has 0 aliphatic heterocycles. The van der Waals surface area contributed by atoms with Crippen LogP contribution in [0.1, 0.15) is 32.6 Å². The van der Waals surface area contributed by atoms with E-state index >= 15 is 0 Å². The summed E-state index contributed by atoms with van der Waals surface area (Å²) in [6, 6.07) is 0. The molecule has 0 aromatic rings. The molecule has 0 spiro atoms. The van der Waals surface area contributed by atoms with E-state index in [9.17, 15) is 0 Å². The second-order valence-electron chi connectivity index (χ2n) is 2.01. The standard InChI is InChI=1S/C10H14/c1-3-5-7-9-10-8-6-4-2/h5H,1,4,7,9-10H2,2H3. The SMILES string of the molecule is C=C=CCCCC#CCC. The highest BCUT2D eigenvalue weighted by atomic mass is 13.8. The molecule has 0 heterocycles. The molecule has 10 heavy (non-hydrogen) atoms. The Kier molecular flexibility index (Phi) is 7.34. The zero-order valence-corrected chi connectivity index (χ0v) is 6.61. The Morgan fingerprint density at radius 2 is 2.20 bits per heavy atom. The van der Waals surface area contributed by atoms with E-state index in [2.05, 4.69) is 31.1 Å². The molecule has 0 heteroatoms. The molecule has 0 bridgehead atoms. The Bertz CT molecular complexity index is 160. The van der Waals surface area contributed by atoms with E-state index in [1.807, 2.05) is 6.08 Å². The molecule has 0 saturated carbocycles. The summed E-state index contributed by atoms with van der Waals surface area (Å²) in [5, 5.41) is 0. The van der Waals surface area contributed by atoms with Crippen molar-refractivity contribution in [2.24, 2.45) is 0 Å². The summed E-state index contributed by atoms with van der Waals surface area (Å²) in [4.78, 5) is 0. The van der Waals surface area contributed by atoms with E-state index in [4.69, 9.17) is 0 Å². The third-order valence-corrected chi connectivity index (χ3v) is 1.10. The fourth-order valence-corrected chi connectivity index (χ4v) is 0.608. The highest BCUT2D eigenvalue weighted by Gasteiger charge is 1.77. The van der Waals surface area contributed by atoms with Crippen LogP contribution in [0.25, 0.3) is 0 Å². The molecule has 0 radical (unpaired) electrons. The fourth-order valence-electron chi connectivity index (χ4n) is 0.608. The lowest BCUT2D eigenvalue weighted by molar-refractivity contribution is 0.885. The van der Waals surface area contributed by atoms with Gasteiger partial charge in [-0.25, -0.2) is 0 Å². The van der Waals surface area contributed by atoms with Gasteiger partial charge in [0.1, 0.15) is 0 Å². The molecular formula is C10H14. The van der Waals surface area contributed by atoms with Crippen LogP contribution in [0.3, 0.4) is 0 Å². The maximum Gasteiger partial charge on any atom is 0.00918 e. The highest BCUT2D eigenvalue weighted by molar-refractivity contribution is 4.97. The minimum absolute atomic E-state index is 0.970. The Morgan fingerprint density at radius 1 is 1.40 bits per heavy atom. The maximum absolute atomic E-state index is 3.48. The van der Waals surface area contributed by atoms with Crippen LogP contribution in [0.2, 0.25) is 0 Å². The first-order chi connectivity index (χ1) is 4.91. The topological polar surface area (TPSA) is 0 Å². The number of hydrogen-bond donors (Lipinski definition) is 0. The summed E-state index contributed by atoms with van der Waals surface area (Å²) in [7, 11) is 0. The Morgan fingerprint density at radius 3 is 2.80 bits per heavy atom. The number of rotatable bonds is 3. The molecular weight excluding hydrogens is 120 g/mol. The Balaban J connectivity index is 3.12. The zero-order chi connectivity index (χ0) is 7.66. The van der Waals surface area contributed by atoms with Gasteiger partial charge in [-0.2, -0.15) is 0 Å². The molecule has 0 aliphatic carbocycles. The van der Waals surface area contributed by atoms with Crippen LogP contribution in [0.5, 0.6) is 0 Å². The monoisotopic (exact) mass is 134 g/mol. The summed E-state index contributed by atoms with van der Waals surface area (Å²) in [5.41, 5.74) is 2.74. The van der Waals surface area contributed by atoms with Crippen molar-refractivity contribution in [2.75, 3.05) is 0 Å². The average molecular weight is 134 g/mol. The van der Waals surface area contributed by atoms with Crippen molar-refractivity contribution in [3.8, 4) is 11.8 Å². The first-order valence-corrected chi connectivity index (χ1v) is 3.71. The van der Waals surface area contributed by atoms with Crippen LogP contribution in [0, 0.1) is 11.8 Å². The lowest BCUT2D eigenvalue weighted by atomic mass is 10.2. The van der Waals surface area contributed by atoms with Gasteiger partial charge in [-0.15, -0.1) is 17.6 Å². The van der Waals surface area contributed by atoms with Gasteiger partial charge >= 0.3 is 0 Å². The molecule has 54 valence electrons. The van der Waals surface area contributed by atoms with Crippen LogP contribution >= 0.6 is 0 Å². The summed E-state index contributed by atoms with van der Waals surface area (Å²) in [5.74, 6) is 6.10. The van der Waals surface area contributed by atoms with Gasteiger partial charge in [0.15, 0.2) is 0 Å². The van der Waals surface area contributed by atoms with Crippen molar-refractivity contribution >= 4 is 0 Å². The van der Waals surface area contributed by atoms with Gasteiger partial charge in [0.25, 0.3) is 0 Å². The molecule has 0 N–H and O–H groups in total. The first-order valence-electron chi connectivity index (χ1n) is 3.71. The van der Waals surface area contributed by atoms with E-state index < -0.39 is 0 Å². The Hall–Kier alpha value is -0.920. The van der Waals surface area contributed by atoms with E-state index in [0.29, 0.717) is 0 Å². The summed E-state index contributed by atoms with van der Waals surface area (Å²) < 4.78 is 0. The molecule has 0 fully saturated rings. The third kappa shape index (κ3) is 7.08. The van der Waals surface area contributed by atoms with Gasteiger partial charge in [0, 0.05) is 12.8 Å². The van der Waals surface area contributed by atoms with Crippen LogP contribution < -0.4 is 0 Å². The van der Waals surface area contributed by atoms with Gasteiger partial charge in [0.05, 0.1) is 0 Å². The minimum atomic E-state index is 0.970. The van der Waals surface area contributed by atoms with Gasteiger partial charge in [-0.05, 0) is 18.9 Å². The predicted molar refractivity (Wildman–Crippen MR) is 45.6 cm³/mol. The number of allylic oxidation sites excluding steroid dienone is 1. The normalized spacial score (nSPS) is 7.30. The van der Waals surface area contributed by atoms with E-state index in [1.54, 1.807) is 0 Å². The van der Waals surface area contributed by atoms with Crippen molar-refractivity contribution in [3.05, 3.63) is 18.4 Å². The van der Waals surface area contributed by atoms with Gasteiger partial charge in [-0.1, -0.05) is 13.5 Å². The van der Waals surface area contributed by atoms with Gasteiger partial charge < -0.3 is 0 Å². The molecule has 0 nitrogen and oxygen atoms in total. The van der Waals surface area contributed by atoms with Crippen LogP contribution in [0.4, 0.5) is 0 Å². The Labute approximate surface area is 63.6 Å². The van der Waals surface area contributed by atoms with Crippen molar-refractivity contribution in [2.45, 2.75) is 32.6 Å². The zero-order valence-electron chi connectivity index (χ0n) is 6.61. The molecule has 0 aromatic heterocycles. The molecule has 0 amide bonds. The van der Waals surface area contributed by atoms with Crippen molar-refractivity contribution in [3.63, 3.8) is 0 Å². The lowest BCUT2D eigenvalue weighted by Crippen LogP contribution is -1.67.